The molecule has 4 unspecified atom stereocenters. The lowest BCUT2D eigenvalue weighted by Crippen LogP contribution is -2.66. The van der Waals surface area contributed by atoms with Crippen LogP contribution in [0.25, 0.3) is 0 Å². The average molecular weight is 431 g/mol. The Balaban J connectivity index is 1.54. The van der Waals surface area contributed by atoms with Crippen molar-refractivity contribution < 1.29 is 15.0 Å². The molecule has 0 radical (unpaired) electrons. The van der Waals surface area contributed by atoms with Crippen molar-refractivity contribution in [1.82, 2.24) is 0 Å². The van der Waals surface area contributed by atoms with Gasteiger partial charge in [0.1, 0.15) is 0 Å². The van der Waals surface area contributed by atoms with Crippen LogP contribution in [0.15, 0.2) is 0 Å². The maximum Gasteiger partial charge on any atom is 0.306 e. The zero-order chi connectivity index (χ0) is 22.6. The molecule has 0 saturated heterocycles. The minimum absolute atomic E-state index is 0.00290. The quantitative estimate of drug-likeness (QED) is 0.497. The largest absolute Gasteiger partial charge is 0.481 e. The van der Waals surface area contributed by atoms with Crippen LogP contribution >= 0.6 is 0 Å². The highest BCUT2D eigenvalue weighted by Crippen LogP contribution is 2.77. The Hall–Kier alpha value is -0.570. The standard InChI is InChI=1S/C28H46O3/c1-24(2)19-10-14-28(6)20(26(19,4)13-11-21(24)29)8-7-18-22-17(23(30)31)9-12-25(22,3)15-16-27(18,28)5/h17-22,29H,7-16H2,1-6H3,(H,30,31)/t17-,18?,19?,20?,21+,22?,25-,26+,27-,28-/m1/s1. The lowest BCUT2D eigenvalue weighted by Gasteiger charge is -2.72. The first-order valence-electron chi connectivity index (χ1n) is 13.2. The number of aliphatic hydroxyl groups is 1. The highest BCUT2D eigenvalue weighted by molar-refractivity contribution is 5.71. The van der Waals surface area contributed by atoms with Gasteiger partial charge < -0.3 is 10.2 Å². The molecule has 0 bridgehead atoms. The summed E-state index contributed by atoms with van der Waals surface area (Å²) in [5.41, 5.74) is 1.05. The first kappa shape index (κ1) is 22.2. The number of aliphatic carboxylic acids is 1. The Kier molecular flexibility index (Phi) is 4.67. The van der Waals surface area contributed by atoms with Crippen LogP contribution in [0.3, 0.4) is 0 Å². The van der Waals surface area contributed by atoms with Crippen molar-refractivity contribution in [1.29, 1.82) is 0 Å². The summed E-state index contributed by atoms with van der Waals surface area (Å²) in [4.78, 5) is 12.3. The summed E-state index contributed by atoms with van der Waals surface area (Å²) in [7, 11) is 0. The molecule has 3 nitrogen and oxygen atoms in total. The van der Waals surface area contributed by atoms with Gasteiger partial charge in [-0.3, -0.25) is 4.79 Å². The maximum absolute atomic E-state index is 12.3. The van der Waals surface area contributed by atoms with Crippen LogP contribution in [0.5, 0.6) is 0 Å². The lowest BCUT2D eigenvalue weighted by atomic mass is 9.32. The normalized spacial score (nSPS) is 57.9. The topological polar surface area (TPSA) is 57.5 Å². The third kappa shape index (κ3) is 2.59. The monoisotopic (exact) mass is 430 g/mol. The van der Waals surface area contributed by atoms with Crippen molar-refractivity contribution in [2.45, 2.75) is 112 Å². The van der Waals surface area contributed by atoms with Gasteiger partial charge in [0.2, 0.25) is 0 Å². The summed E-state index contributed by atoms with van der Waals surface area (Å²) < 4.78 is 0. The molecule has 0 aromatic rings. The zero-order valence-corrected chi connectivity index (χ0v) is 20.8. The number of carbonyl (C=O) groups is 1. The van der Waals surface area contributed by atoms with Crippen molar-refractivity contribution in [3.63, 3.8) is 0 Å². The Morgan fingerprint density at radius 2 is 1.45 bits per heavy atom. The van der Waals surface area contributed by atoms with Crippen molar-refractivity contribution in [3.05, 3.63) is 0 Å². The lowest BCUT2D eigenvalue weighted by molar-refractivity contribution is -0.247. The molecule has 10 atom stereocenters. The van der Waals surface area contributed by atoms with E-state index in [9.17, 15) is 15.0 Å². The van der Waals surface area contributed by atoms with Crippen molar-refractivity contribution in [2.75, 3.05) is 0 Å². The molecule has 5 aliphatic rings. The van der Waals surface area contributed by atoms with Gasteiger partial charge in [-0.2, -0.15) is 0 Å². The number of hydrogen-bond donors (Lipinski definition) is 2. The smallest absolute Gasteiger partial charge is 0.306 e. The van der Waals surface area contributed by atoms with E-state index in [2.05, 4.69) is 41.5 Å². The van der Waals surface area contributed by atoms with Crippen LogP contribution in [-0.2, 0) is 4.79 Å². The van der Waals surface area contributed by atoms with Gasteiger partial charge in [-0.15, -0.1) is 0 Å². The summed E-state index contributed by atoms with van der Waals surface area (Å²) in [6.45, 7) is 14.8. The van der Waals surface area contributed by atoms with Crippen LogP contribution in [0.2, 0.25) is 0 Å². The predicted molar refractivity (Wildman–Crippen MR) is 123 cm³/mol. The molecule has 2 N–H and O–H groups in total. The third-order valence-electron chi connectivity index (χ3n) is 13.1. The molecule has 5 rings (SSSR count). The third-order valence-corrected chi connectivity index (χ3v) is 13.1. The number of hydrogen-bond acceptors (Lipinski definition) is 2. The molecular formula is C28H46O3. The van der Waals surface area contributed by atoms with Crippen molar-refractivity contribution >= 4 is 5.97 Å². The molecule has 0 aliphatic heterocycles. The number of rotatable bonds is 1. The molecule has 0 aromatic heterocycles. The SMILES string of the molecule is CC1(C)C2CC[C@]3(C)C(CCC4C5[C@H](C(=O)O)CC[C@]5(C)CC[C@]43C)[C@@]2(C)CC[C@@H]1O. The Morgan fingerprint density at radius 3 is 2.13 bits per heavy atom. The molecule has 0 heterocycles. The van der Waals surface area contributed by atoms with E-state index in [0.29, 0.717) is 29.1 Å². The summed E-state index contributed by atoms with van der Waals surface area (Å²) in [5.74, 6) is 1.53. The molecule has 0 amide bonds. The number of carboxylic acid groups (broad SMARTS) is 1. The molecule has 176 valence electrons. The van der Waals surface area contributed by atoms with E-state index in [-0.39, 0.29) is 33.7 Å². The highest BCUT2D eigenvalue weighted by Gasteiger charge is 2.70. The summed E-state index contributed by atoms with van der Waals surface area (Å²) >= 11 is 0. The second-order valence-electron chi connectivity index (χ2n) is 14.2. The first-order valence-corrected chi connectivity index (χ1v) is 13.2. The molecule has 5 saturated carbocycles. The highest BCUT2D eigenvalue weighted by atomic mass is 16.4. The van der Waals surface area contributed by atoms with Crippen molar-refractivity contribution in [2.24, 2.45) is 56.7 Å². The second kappa shape index (κ2) is 6.51. The van der Waals surface area contributed by atoms with Crippen molar-refractivity contribution in [3.8, 4) is 0 Å². The van der Waals surface area contributed by atoms with Crippen LogP contribution < -0.4 is 0 Å². The van der Waals surface area contributed by atoms with E-state index in [0.717, 1.165) is 25.7 Å². The van der Waals surface area contributed by atoms with Gasteiger partial charge >= 0.3 is 5.97 Å². The van der Waals surface area contributed by atoms with Crippen LogP contribution in [0, 0.1) is 56.7 Å². The van der Waals surface area contributed by atoms with Gasteiger partial charge in [0.05, 0.1) is 12.0 Å². The maximum atomic E-state index is 12.3. The van der Waals surface area contributed by atoms with Gasteiger partial charge in [0, 0.05) is 0 Å². The summed E-state index contributed by atoms with van der Waals surface area (Å²) in [5, 5.41) is 20.9. The zero-order valence-electron chi connectivity index (χ0n) is 20.8. The molecule has 3 heteroatoms. The van der Waals surface area contributed by atoms with Crippen LogP contribution in [0.1, 0.15) is 106 Å². The van der Waals surface area contributed by atoms with Crippen LogP contribution in [0.4, 0.5) is 0 Å². The Morgan fingerprint density at radius 1 is 0.742 bits per heavy atom. The van der Waals surface area contributed by atoms with E-state index in [1.807, 2.05) is 0 Å². The van der Waals surface area contributed by atoms with E-state index >= 15 is 0 Å². The first-order chi connectivity index (χ1) is 14.3. The Labute approximate surface area is 189 Å². The summed E-state index contributed by atoms with van der Waals surface area (Å²) in [6.07, 6.45) is 11.3. The molecule has 0 spiro atoms. The molecule has 31 heavy (non-hydrogen) atoms. The molecule has 5 aliphatic carbocycles. The molecule has 5 fully saturated rings. The fourth-order valence-electron chi connectivity index (χ4n) is 11.2. The van der Waals surface area contributed by atoms with Gasteiger partial charge in [-0.05, 0) is 115 Å². The van der Waals surface area contributed by atoms with E-state index in [4.69, 9.17) is 0 Å². The fraction of sp³-hybridized carbons (Fsp3) is 0.964. The van der Waals surface area contributed by atoms with Crippen LogP contribution in [-0.4, -0.2) is 22.3 Å². The summed E-state index contributed by atoms with van der Waals surface area (Å²) in [6, 6.07) is 0. The average Bonchev–Trinajstić information content (AvgIpc) is 3.04. The predicted octanol–water partition coefficient (Wildman–Crippen LogP) is 6.53. The number of carboxylic acids is 1. The Bertz CT molecular complexity index is 774. The second-order valence-corrected chi connectivity index (χ2v) is 14.2. The van der Waals surface area contributed by atoms with Gasteiger partial charge in [-0.25, -0.2) is 0 Å². The fourth-order valence-corrected chi connectivity index (χ4v) is 11.2. The minimum atomic E-state index is -0.538. The van der Waals surface area contributed by atoms with Gasteiger partial charge in [0.15, 0.2) is 0 Å². The van der Waals surface area contributed by atoms with E-state index in [1.165, 1.54) is 38.5 Å². The van der Waals surface area contributed by atoms with E-state index in [1.54, 1.807) is 0 Å². The minimum Gasteiger partial charge on any atom is -0.481 e. The molecule has 0 aromatic carbocycles. The van der Waals surface area contributed by atoms with Gasteiger partial charge in [-0.1, -0.05) is 41.5 Å². The number of fused-ring (bicyclic) bond motifs is 7. The van der Waals surface area contributed by atoms with Gasteiger partial charge in [0.25, 0.3) is 0 Å². The van der Waals surface area contributed by atoms with E-state index < -0.39 is 5.97 Å². The molecular weight excluding hydrogens is 384 g/mol. The number of aliphatic hydroxyl groups excluding tert-OH is 1.